The quantitative estimate of drug-likeness (QED) is 0.422. The topological polar surface area (TPSA) is 141 Å². The van der Waals surface area contributed by atoms with Crippen molar-refractivity contribution >= 4 is 29.5 Å². The summed E-state index contributed by atoms with van der Waals surface area (Å²) >= 11 is 0. The van der Waals surface area contributed by atoms with Crippen molar-refractivity contribution in [1.29, 1.82) is 0 Å². The molecule has 0 fully saturated rings. The second kappa shape index (κ2) is 13.3. The standard InChI is InChI=1S/C23H27N3O8/c1-4-32-18-11-6-15(12-19(18)33-5-2)22(29)24-13-21(28)34-14-20(27)26-23(30)25-16-7-9-17(31-3)10-8-16/h6-12H,4-5,13-14H2,1-3H3,(H,24,29)(H2,25,26,27,30). The van der Waals surface area contributed by atoms with Crippen LogP contribution in [-0.2, 0) is 14.3 Å². The third-order valence-electron chi connectivity index (χ3n) is 4.16. The van der Waals surface area contributed by atoms with Crippen molar-refractivity contribution in [3.05, 3.63) is 48.0 Å². The number of urea groups is 1. The molecule has 0 aliphatic heterocycles. The fourth-order valence-corrected chi connectivity index (χ4v) is 2.64. The summed E-state index contributed by atoms with van der Waals surface area (Å²) in [6, 6.07) is 10.3. The SMILES string of the molecule is CCOc1ccc(C(=O)NCC(=O)OCC(=O)NC(=O)Nc2ccc(OC)cc2)cc1OCC. The predicted octanol–water partition coefficient (Wildman–Crippen LogP) is 2.11. The van der Waals surface area contributed by atoms with E-state index in [0.717, 1.165) is 0 Å². The Hall–Kier alpha value is -4.28. The maximum atomic E-state index is 12.3. The number of hydrogen-bond donors (Lipinski definition) is 3. The number of hydrogen-bond acceptors (Lipinski definition) is 8. The van der Waals surface area contributed by atoms with Gasteiger partial charge in [-0.25, -0.2) is 4.79 Å². The second-order valence-corrected chi connectivity index (χ2v) is 6.60. The highest BCUT2D eigenvalue weighted by molar-refractivity contribution is 6.02. The lowest BCUT2D eigenvalue weighted by molar-refractivity contribution is -0.147. The van der Waals surface area contributed by atoms with E-state index >= 15 is 0 Å². The zero-order valence-corrected chi connectivity index (χ0v) is 19.1. The molecule has 0 atom stereocenters. The molecule has 0 saturated heterocycles. The van der Waals surface area contributed by atoms with Gasteiger partial charge < -0.3 is 29.6 Å². The highest BCUT2D eigenvalue weighted by atomic mass is 16.5. The Balaban J connectivity index is 1.75. The van der Waals surface area contributed by atoms with Crippen molar-refractivity contribution in [2.75, 3.05) is 38.8 Å². The van der Waals surface area contributed by atoms with Crippen LogP contribution in [0.1, 0.15) is 24.2 Å². The second-order valence-electron chi connectivity index (χ2n) is 6.60. The number of amides is 4. The van der Waals surface area contributed by atoms with E-state index in [1.807, 2.05) is 12.2 Å². The summed E-state index contributed by atoms with van der Waals surface area (Å²) in [5.74, 6) is -0.706. The van der Waals surface area contributed by atoms with Gasteiger partial charge in [0, 0.05) is 11.3 Å². The Bertz CT molecular complexity index is 1010. The first kappa shape index (κ1) is 26.0. The number of benzene rings is 2. The number of anilines is 1. The fourth-order valence-electron chi connectivity index (χ4n) is 2.64. The average molecular weight is 473 g/mol. The molecule has 34 heavy (non-hydrogen) atoms. The molecule has 0 saturated carbocycles. The molecule has 0 aromatic heterocycles. The summed E-state index contributed by atoms with van der Waals surface area (Å²) in [7, 11) is 1.51. The number of esters is 1. The Morgan fingerprint density at radius 1 is 0.882 bits per heavy atom. The summed E-state index contributed by atoms with van der Waals surface area (Å²) in [6.07, 6.45) is 0. The van der Waals surface area contributed by atoms with Crippen LogP contribution >= 0.6 is 0 Å². The average Bonchev–Trinajstić information content (AvgIpc) is 2.83. The largest absolute Gasteiger partial charge is 0.497 e. The van der Waals surface area contributed by atoms with Gasteiger partial charge >= 0.3 is 12.0 Å². The Labute approximate surface area is 196 Å². The van der Waals surface area contributed by atoms with Gasteiger partial charge in [-0.05, 0) is 56.3 Å². The minimum Gasteiger partial charge on any atom is -0.497 e. The van der Waals surface area contributed by atoms with Crippen molar-refractivity contribution in [1.82, 2.24) is 10.6 Å². The summed E-state index contributed by atoms with van der Waals surface area (Å²) in [5.41, 5.74) is 0.695. The smallest absolute Gasteiger partial charge is 0.325 e. The molecule has 11 nitrogen and oxygen atoms in total. The molecule has 2 rings (SSSR count). The van der Waals surface area contributed by atoms with Crippen LogP contribution in [0.15, 0.2) is 42.5 Å². The van der Waals surface area contributed by atoms with Crippen LogP contribution in [0, 0.1) is 0 Å². The van der Waals surface area contributed by atoms with Gasteiger partial charge in [-0.1, -0.05) is 0 Å². The van der Waals surface area contributed by atoms with Gasteiger partial charge in [0.05, 0.1) is 20.3 Å². The number of ether oxygens (including phenoxy) is 4. The third-order valence-corrected chi connectivity index (χ3v) is 4.16. The maximum absolute atomic E-state index is 12.3. The lowest BCUT2D eigenvalue weighted by atomic mass is 10.2. The summed E-state index contributed by atoms with van der Waals surface area (Å²) in [6.45, 7) is 3.29. The highest BCUT2D eigenvalue weighted by Crippen LogP contribution is 2.28. The van der Waals surface area contributed by atoms with E-state index in [1.54, 1.807) is 37.3 Å². The zero-order valence-electron chi connectivity index (χ0n) is 19.1. The van der Waals surface area contributed by atoms with Crippen LogP contribution in [-0.4, -0.2) is 57.3 Å². The molecule has 0 unspecified atom stereocenters. The van der Waals surface area contributed by atoms with Gasteiger partial charge in [0.1, 0.15) is 12.3 Å². The molecule has 0 spiro atoms. The molecule has 3 N–H and O–H groups in total. The maximum Gasteiger partial charge on any atom is 0.325 e. The van der Waals surface area contributed by atoms with Crippen LogP contribution < -0.4 is 30.2 Å². The lowest BCUT2D eigenvalue weighted by Crippen LogP contribution is -2.38. The summed E-state index contributed by atoms with van der Waals surface area (Å²) in [5, 5.41) is 6.87. The molecule has 11 heteroatoms. The van der Waals surface area contributed by atoms with Gasteiger partial charge in [-0.15, -0.1) is 0 Å². The van der Waals surface area contributed by atoms with Crippen molar-refractivity contribution in [2.45, 2.75) is 13.8 Å². The Morgan fingerprint density at radius 2 is 1.56 bits per heavy atom. The first-order chi connectivity index (χ1) is 16.4. The number of imide groups is 1. The molecule has 2 aromatic carbocycles. The van der Waals surface area contributed by atoms with Crippen LogP contribution in [0.5, 0.6) is 17.2 Å². The molecule has 0 aliphatic rings. The van der Waals surface area contributed by atoms with Gasteiger partial charge in [0.15, 0.2) is 18.1 Å². The minimum absolute atomic E-state index is 0.257. The fraction of sp³-hybridized carbons (Fsp3) is 0.304. The number of rotatable bonds is 11. The molecule has 0 bridgehead atoms. The normalized spacial score (nSPS) is 9.97. The van der Waals surface area contributed by atoms with Crippen molar-refractivity contribution in [2.24, 2.45) is 0 Å². The Morgan fingerprint density at radius 3 is 2.21 bits per heavy atom. The van der Waals surface area contributed by atoms with E-state index in [2.05, 4.69) is 10.6 Å². The van der Waals surface area contributed by atoms with Crippen molar-refractivity contribution in [3.8, 4) is 17.2 Å². The number of carbonyl (C=O) groups is 4. The van der Waals surface area contributed by atoms with Crippen LogP contribution in [0.3, 0.4) is 0 Å². The number of methoxy groups -OCH3 is 1. The van der Waals surface area contributed by atoms with Crippen molar-refractivity contribution < 1.29 is 38.1 Å². The molecule has 0 heterocycles. The van der Waals surface area contributed by atoms with Gasteiger partial charge in [-0.3, -0.25) is 19.7 Å². The number of carbonyl (C=O) groups excluding carboxylic acids is 4. The number of nitrogens with one attached hydrogen (secondary N) is 3. The third kappa shape index (κ3) is 8.34. The Kier molecular flexibility index (Phi) is 10.2. The van der Waals surface area contributed by atoms with E-state index in [9.17, 15) is 19.2 Å². The molecule has 182 valence electrons. The summed E-state index contributed by atoms with van der Waals surface area (Å²) in [4.78, 5) is 47.8. The monoisotopic (exact) mass is 473 g/mol. The minimum atomic E-state index is -0.852. The first-order valence-electron chi connectivity index (χ1n) is 10.4. The highest BCUT2D eigenvalue weighted by Gasteiger charge is 2.15. The first-order valence-corrected chi connectivity index (χ1v) is 10.4. The van der Waals surface area contributed by atoms with E-state index < -0.39 is 37.0 Å². The summed E-state index contributed by atoms with van der Waals surface area (Å²) < 4.78 is 20.7. The predicted molar refractivity (Wildman–Crippen MR) is 122 cm³/mol. The molecule has 2 aromatic rings. The van der Waals surface area contributed by atoms with Gasteiger partial charge in [0.25, 0.3) is 11.8 Å². The molecular formula is C23H27N3O8. The molecule has 0 aliphatic carbocycles. The van der Waals surface area contributed by atoms with E-state index in [1.165, 1.54) is 19.2 Å². The molecular weight excluding hydrogens is 446 g/mol. The van der Waals surface area contributed by atoms with E-state index in [-0.39, 0.29) is 5.56 Å². The molecule has 0 radical (unpaired) electrons. The van der Waals surface area contributed by atoms with Gasteiger partial charge in [0.2, 0.25) is 0 Å². The molecule has 4 amide bonds. The van der Waals surface area contributed by atoms with Crippen molar-refractivity contribution in [3.63, 3.8) is 0 Å². The zero-order chi connectivity index (χ0) is 24.9. The van der Waals surface area contributed by atoms with E-state index in [0.29, 0.717) is 36.1 Å². The lowest BCUT2D eigenvalue weighted by Gasteiger charge is -2.12. The van der Waals surface area contributed by atoms with Gasteiger partial charge in [-0.2, -0.15) is 0 Å². The van der Waals surface area contributed by atoms with Crippen LogP contribution in [0.4, 0.5) is 10.5 Å². The van der Waals surface area contributed by atoms with Crippen LogP contribution in [0.2, 0.25) is 0 Å². The van der Waals surface area contributed by atoms with E-state index in [4.69, 9.17) is 18.9 Å². The van der Waals surface area contributed by atoms with Crippen LogP contribution in [0.25, 0.3) is 0 Å².